The molecule has 0 fully saturated rings. The number of nitrogens with zero attached hydrogens (tertiary/aromatic N) is 1. The summed E-state index contributed by atoms with van der Waals surface area (Å²) in [5.74, 6) is 1.37. The number of carbonyl (C=O) groups excluding carboxylic acids is 1. The van der Waals surface area contributed by atoms with E-state index in [-0.39, 0.29) is 12.7 Å². The molecular weight excluding hydrogens is 350 g/mol. The molecule has 3 heterocycles. The molecule has 5 nitrogen and oxygen atoms in total. The Morgan fingerprint density at radius 2 is 2.08 bits per heavy atom. The van der Waals surface area contributed by atoms with Gasteiger partial charge < -0.3 is 18.8 Å². The highest BCUT2D eigenvalue weighted by molar-refractivity contribution is 7.09. The van der Waals surface area contributed by atoms with Crippen molar-refractivity contribution < 1.29 is 18.7 Å². The summed E-state index contributed by atoms with van der Waals surface area (Å²) in [5, 5.41) is 2.01. The maximum atomic E-state index is 12.8. The first-order valence-corrected chi connectivity index (χ1v) is 9.06. The molecule has 2 aromatic heterocycles. The summed E-state index contributed by atoms with van der Waals surface area (Å²) in [6.45, 7) is 1.30. The number of benzene rings is 1. The average Bonchev–Trinajstić information content (AvgIpc) is 3.40. The normalized spacial score (nSPS) is 12.6. The Hall–Kier alpha value is -2.99. The lowest BCUT2D eigenvalue weighted by Crippen LogP contribution is -2.27. The smallest absolute Gasteiger partial charge is 0.247 e. The molecule has 0 saturated heterocycles. The van der Waals surface area contributed by atoms with Crippen LogP contribution in [0.25, 0.3) is 6.08 Å². The summed E-state index contributed by atoms with van der Waals surface area (Å²) in [4.78, 5) is 15.7. The Balaban J connectivity index is 1.49. The van der Waals surface area contributed by atoms with E-state index >= 15 is 0 Å². The molecule has 0 aliphatic carbocycles. The van der Waals surface area contributed by atoms with E-state index < -0.39 is 0 Å². The predicted molar refractivity (Wildman–Crippen MR) is 98.9 cm³/mol. The van der Waals surface area contributed by atoms with Crippen molar-refractivity contribution in [3.63, 3.8) is 0 Å². The molecule has 3 aromatic rings. The molecule has 26 heavy (non-hydrogen) atoms. The zero-order valence-corrected chi connectivity index (χ0v) is 14.8. The van der Waals surface area contributed by atoms with Gasteiger partial charge >= 0.3 is 0 Å². The molecule has 1 aromatic carbocycles. The first kappa shape index (κ1) is 16.5. The average molecular weight is 367 g/mol. The van der Waals surface area contributed by atoms with E-state index in [1.807, 2.05) is 41.8 Å². The fourth-order valence-corrected chi connectivity index (χ4v) is 3.41. The quantitative estimate of drug-likeness (QED) is 0.609. The van der Waals surface area contributed by atoms with Crippen LogP contribution in [0.1, 0.15) is 16.0 Å². The summed E-state index contributed by atoms with van der Waals surface area (Å²) in [6, 6.07) is 11.5. The van der Waals surface area contributed by atoms with Gasteiger partial charge in [0.15, 0.2) is 11.5 Å². The molecule has 0 radical (unpaired) electrons. The van der Waals surface area contributed by atoms with Crippen molar-refractivity contribution in [2.45, 2.75) is 13.1 Å². The van der Waals surface area contributed by atoms with Gasteiger partial charge in [-0.15, -0.1) is 11.3 Å². The molecule has 0 spiro atoms. The van der Waals surface area contributed by atoms with Crippen LogP contribution in [-0.2, 0) is 17.9 Å². The Morgan fingerprint density at radius 1 is 1.15 bits per heavy atom. The van der Waals surface area contributed by atoms with Gasteiger partial charge in [-0.1, -0.05) is 12.1 Å². The second-order valence-electron chi connectivity index (χ2n) is 5.85. The summed E-state index contributed by atoms with van der Waals surface area (Å²) in [5.41, 5.74) is 1.85. The van der Waals surface area contributed by atoms with Gasteiger partial charge in [-0.05, 0) is 41.3 Å². The van der Waals surface area contributed by atoms with Crippen molar-refractivity contribution in [2.24, 2.45) is 0 Å². The molecule has 1 aliphatic rings. The highest BCUT2D eigenvalue weighted by Crippen LogP contribution is 2.32. The van der Waals surface area contributed by atoms with E-state index in [2.05, 4.69) is 0 Å². The first-order chi connectivity index (χ1) is 12.8. The van der Waals surface area contributed by atoms with Crippen molar-refractivity contribution in [1.29, 1.82) is 0 Å². The molecule has 0 unspecified atom stereocenters. The van der Waals surface area contributed by atoms with Crippen LogP contribution in [0, 0.1) is 0 Å². The number of hydrogen-bond donors (Lipinski definition) is 0. The van der Waals surface area contributed by atoms with Gasteiger partial charge in [0.05, 0.1) is 19.1 Å². The molecule has 0 N–H and O–H groups in total. The highest BCUT2D eigenvalue weighted by atomic mass is 32.1. The van der Waals surface area contributed by atoms with Crippen molar-refractivity contribution in [2.75, 3.05) is 6.79 Å². The van der Waals surface area contributed by atoms with E-state index in [0.717, 1.165) is 21.8 Å². The van der Waals surface area contributed by atoms with Gasteiger partial charge in [-0.3, -0.25) is 4.79 Å². The lowest BCUT2D eigenvalue weighted by Gasteiger charge is -2.19. The van der Waals surface area contributed by atoms with Crippen molar-refractivity contribution >= 4 is 23.3 Å². The van der Waals surface area contributed by atoms with Crippen LogP contribution in [-0.4, -0.2) is 17.6 Å². The van der Waals surface area contributed by atoms with Gasteiger partial charge in [0.25, 0.3) is 0 Å². The van der Waals surface area contributed by atoms with Gasteiger partial charge in [-0.2, -0.15) is 0 Å². The number of carbonyl (C=O) groups is 1. The summed E-state index contributed by atoms with van der Waals surface area (Å²) in [6.07, 6.45) is 6.66. The molecule has 1 amide bonds. The van der Waals surface area contributed by atoms with Crippen molar-refractivity contribution in [3.8, 4) is 11.5 Å². The minimum Gasteiger partial charge on any atom is -0.472 e. The molecule has 0 saturated carbocycles. The molecule has 1 aliphatic heterocycles. The Kier molecular flexibility index (Phi) is 4.75. The van der Waals surface area contributed by atoms with E-state index in [0.29, 0.717) is 18.8 Å². The topological polar surface area (TPSA) is 51.9 Å². The van der Waals surface area contributed by atoms with Crippen LogP contribution in [0.4, 0.5) is 0 Å². The highest BCUT2D eigenvalue weighted by Gasteiger charge is 2.15. The first-order valence-electron chi connectivity index (χ1n) is 8.18. The summed E-state index contributed by atoms with van der Waals surface area (Å²) in [7, 11) is 0. The third kappa shape index (κ3) is 3.81. The van der Waals surface area contributed by atoms with Crippen LogP contribution < -0.4 is 9.47 Å². The zero-order chi connectivity index (χ0) is 17.8. The second kappa shape index (κ2) is 7.49. The van der Waals surface area contributed by atoms with E-state index in [4.69, 9.17) is 13.9 Å². The Labute approximate surface area is 155 Å². The van der Waals surface area contributed by atoms with Crippen LogP contribution in [0.2, 0.25) is 0 Å². The molecule has 132 valence electrons. The number of thiophene rings is 1. The standard InChI is InChI=1S/C20H17NO4S/c22-20(6-4-15-3-5-18-19(10-15)25-14-24-18)21(11-16-7-8-23-13-16)12-17-2-1-9-26-17/h1-10,13H,11-12,14H2. The molecular formula is C20H17NO4S. The molecule has 6 heteroatoms. The van der Waals surface area contributed by atoms with Crippen molar-refractivity contribution in [3.05, 3.63) is 76.4 Å². The van der Waals surface area contributed by atoms with Gasteiger partial charge in [-0.25, -0.2) is 0 Å². The van der Waals surface area contributed by atoms with Crippen LogP contribution in [0.3, 0.4) is 0 Å². The largest absolute Gasteiger partial charge is 0.472 e. The third-order valence-electron chi connectivity index (χ3n) is 4.01. The summed E-state index contributed by atoms with van der Waals surface area (Å²) < 4.78 is 15.8. The fourth-order valence-electron chi connectivity index (χ4n) is 2.70. The maximum absolute atomic E-state index is 12.8. The number of amides is 1. The Morgan fingerprint density at radius 3 is 2.88 bits per heavy atom. The van der Waals surface area contributed by atoms with Gasteiger partial charge in [0.1, 0.15) is 0 Å². The van der Waals surface area contributed by atoms with Crippen LogP contribution in [0.15, 0.2) is 64.8 Å². The second-order valence-corrected chi connectivity index (χ2v) is 6.88. The minimum absolute atomic E-state index is 0.0581. The third-order valence-corrected chi connectivity index (χ3v) is 4.87. The van der Waals surface area contributed by atoms with E-state index in [9.17, 15) is 4.79 Å². The number of rotatable bonds is 6. The number of hydrogen-bond acceptors (Lipinski definition) is 5. The number of furan rings is 1. The monoisotopic (exact) mass is 367 g/mol. The maximum Gasteiger partial charge on any atom is 0.247 e. The van der Waals surface area contributed by atoms with Crippen LogP contribution in [0.5, 0.6) is 11.5 Å². The lowest BCUT2D eigenvalue weighted by molar-refractivity contribution is -0.127. The lowest BCUT2D eigenvalue weighted by atomic mass is 10.2. The molecule has 4 rings (SSSR count). The zero-order valence-electron chi connectivity index (χ0n) is 14.0. The van der Waals surface area contributed by atoms with Crippen molar-refractivity contribution in [1.82, 2.24) is 4.90 Å². The Bertz CT molecular complexity index is 864. The molecule has 0 bridgehead atoms. The van der Waals surface area contributed by atoms with Crippen LogP contribution >= 0.6 is 11.3 Å². The SMILES string of the molecule is O=C(C=Cc1ccc2c(c1)OCO2)N(Cc1ccoc1)Cc1cccs1. The van der Waals surface area contributed by atoms with Gasteiger partial charge in [0.2, 0.25) is 12.7 Å². The minimum atomic E-state index is -0.0581. The fraction of sp³-hybridized carbons (Fsp3) is 0.150. The van der Waals surface area contributed by atoms with E-state index in [1.54, 1.807) is 40.9 Å². The van der Waals surface area contributed by atoms with Gasteiger partial charge in [0, 0.05) is 23.1 Å². The molecule has 0 atom stereocenters. The predicted octanol–water partition coefficient (Wildman–Crippen LogP) is 4.31. The number of ether oxygens (including phenoxy) is 2. The van der Waals surface area contributed by atoms with E-state index in [1.165, 1.54) is 0 Å². The summed E-state index contributed by atoms with van der Waals surface area (Å²) >= 11 is 1.64. The number of fused-ring (bicyclic) bond motifs is 1.